The Morgan fingerprint density at radius 2 is 2.04 bits per heavy atom. The maximum atomic E-state index is 13.7. The van der Waals surface area contributed by atoms with Crippen molar-refractivity contribution in [3.63, 3.8) is 0 Å². The van der Waals surface area contributed by atoms with Crippen LogP contribution in [0.5, 0.6) is 5.75 Å². The minimum absolute atomic E-state index is 0.00790. The van der Waals surface area contributed by atoms with Gasteiger partial charge in [0, 0.05) is 11.5 Å². The van der Waals surface area contributed by atoms with Crippen molar-refractivity contribution >= 4 is 28.6 Å². The van der Waals surface area contributed by atoms with Crippen LogP contribution in [0.25, 0.3) is 17.0 Å². The van der Waals surface area contributed by atoms with E-state index in [1.54, 1.807) is 19.1 Å². The lowest BCUT2D eigenvalue weighted by molar-refractivity contribution is -0.112. The van der Waals surface area contributed by atoms with Gasteiger partial charge in [-0.1, -0.05) is 12.1 Å². The number of nitrogens with zero attached hydrogens (tertiary/aromatic N) is 1. The van der Waals surface area contributed by atoms with Crippen LogP contribution in [0.4, 0.5) is 10.1 Å². The number of fused-ring (bicyclic) bond motifs is 1. The van der Waals surface area contributed by atoms with Gasteiger partial charge in [0.25, 0.3) is 5.91 Å². The van der Waals surface area contributed by atoms with Crippen molar-refractivity contribution in [2.75, 3.05) is 5.32 Å². The van der Waals surface area contributed by atoms with Crippen LogP contribution in [-0.2, 0) is 4.79 Å². The van der Waals surface area contributed by atoms with E-state index in [4.69, 9.17) is 4.42 Å². The number of phenolic OH excluding ortho intramolecular Hbond substituents is 1. The van der Waals surface area contributed by atoms with Gasteiger partial charge < -0.3 is 14.8 Å². The van der Waals surface area contributed by atoms with Crippen molar-refractivity contribution in [3.05, 3.63) is 75.4 Å². The van der Waals surface area contributed by atoms with Gasteiger partial charge in [0.05, 0.1) is 11.3 Å². The van der Waals surface area contributed by atoms with E-state index >= 15 is 0 Å². The molecule has 0 radical (unpaired) electrons. The lowest BCUT2D eigenvalue weighted by Crippen LogP contribution is -2.14. The van der Waals surface area contributed by atoms with Gasteiger partial charge in [0.2, 0.25) is 0 Å². The molecular formula is C20H13FN2O4. The summed E-state index contributed by atoms with van der Waals surface area (Å²) < 4.78 is 18.9. The number of carbonyl (C=O) groups excluding carboxylic acids is 1. The van der Waals surface area contributed by atoms with E-state index in [1.165, 1.54) is 36.4 Å². The molecule has 134 valence electrons. The molecule has 7 heteroatoms. The van der Waals surface area contributed by atoms with Crippen LogP contribution in [0.2, 0.25) is 0 Å². The molecule has 0 aliphatic rings. The first kappa shape index (κ1) is 17.9. The van der Waals surface area contributed by atoms with Gasteiger partial charge >= 0.3 is 5.63 Å². The summed E-state index contributed by atoms with van der Waals surface area (Å²) in [6.07, 6.45) is 1.09. The molecule has 0 unspecified atom stereocenters. The van der Waals surface area contributed by atoms with Crippen LogP contribution >= 0.6 is 0 Å². The zero-order valence-corrected chi connectivity index (χ0v) is 14.1. The molecule has 2 aromatic carbocycles. The van der Waals surface area contributed by atoms with Crippen molar-refractivity contribution in [2.24, 2.45) is 0 Å². The number of para-hydroxylation sites is 1. The standard InChI is InChI=1S/C20H13FN2O4/c1-11-8-18(25)27-19-13(11)6-7-17(24)14(19)9-12(10-22)20(26)23-16-5-3-2-4-15(16)21/h2-9,24H,1H3,(H,23,26)/b12-9+. The minimum atomic E-state index is -0.867. The van der Waals surface area contributed by atoms with E-state index < -0.39 is 22.9 Å². The van der Waals surface area contributed by atoms with Crippen LogP contribution in [0.1, 0.15) is 11.1 Å². The predicted molar refractivity (Wildman–Crippen MR) is 97.5 cm³/mol. The molecule has 0 atom stereocenters. The van der Waals surface area contributed by atoms with Crippen LogP contribution in [0.3, 0.4) is 0 Å². The highest BCUT2D eigenvalue weighted by Gasteiger charge is 2.16. The molecule has 3 rings (SSSR count). The minimum Gasteiger partial charge on any atom is -0.507 e. The lowest BCUT2D eigenvalue weighted by Gasteiger charge is -2.08. The summed E-state index contributed by atoms with van der Waals surface area (Å²) in [5, 5.41) is 22.3. The van der Waals surface area contributed by atoms with Crippen molar-refractivity contribution in [3.8, 4) is 11.8 Å². The van der Waals surface area contributed by atoms with E-state index in [-0.39, 0.29) is 22.6 Å². The summed E-state index contributed by atoms with van der Waals surface area (Å²) in [4.78, 5) is 24.0. The molecule has 2 N–H and O–H groups in total. The SMILES string of the molecule is Cc1cc(=O)oc2c(/C=C(\C#N)C(=O)Nc3ccccc3F)c(O)ccc12. The van der Waals surface area contributed by atoms with Crippen molar-refractivity contribution in [1.82, 2.24) is 0 Å². The predicted octanol–water partition coefficient (Wildman–Crippen LogP) is 3.49. The molecule has 1 aromatic heterocycles. The second kappa shape index (κ2) is 7.14. The third-order valence-electron chi connectivity index (χ3n) is 3.91. The van der Waals surface area contributed by atoms with E-state index in [1.807, 2.05) is 0 Å². The smallest absolute Gasteiger partial charge is 0.336 e. The molecule has 0 saturated carbocycles. The Labute approximate surface area is 152 Å². The van der Waals surface area contributed by atoms with E-state index in [2.05, 4.69) is 5.32 Å². The summed E-state index contributed by atoms with van der Waals surface area (Å²) in [6.45, 7) is 1.69. The number of halogens is 1. The number of aromatic hydroxyl groups is 1. The van der Waals surface area contributed by atoms with Gasteiger partial charge in [-0.15, -0.1) is 0 Å². The summed E-state index contributed by atoms with van der Waals surface area (Å²) in [5.41, 5.74) is -0.446. The van der Waals surface area contributed by atoms with Crippen LogP contribution in [-0.4, -0.2) is 11.0 Å². The zero-order chi connectivity index (χ0) is 19.6. The highest BCUT2D eigenvalue weighted by Crippen LogP contribution is 2.30. The van der Waals surface area contributed by atoms with Crippen LogP contribution < -0.4 is 10.9 Å². The molecule has 0 aliphatic heterocycles. The van der Waals surface area contributed by atoms with E-state index in [9.17, 15) is 24.3 Å². The quantitative estimate of drug-likeness (QED) is 0.421. The second-order valence-electron chi connectivity index (χ2n) is 5.73. The Morgan fingerprint density at radius 1 is 1.30 bits per heavy atom. The first-order valence-corrected chi connectivity index (χ1v) is 7.85. The number of nitriles is 1. The third-order valence-corrected chi connectivity index (χ3v) is 3.91. The van der Waals surface area contributed by atoms with Crippen LogP contribution in [0, 0.1) is 24.1 Å². The van der Waals surface area contributed by atoms with Crippen molar-refractivity contribution < 1.29 is 18.7 Å². The van der Waals surface area contributed by atoms with Gasteiger partial charge in [-0.2, -0.15) is 5.26 Å². The van der Waals surface area contributed by atoms with Gasteiger partial charge in [-0.3, -0.25) is 4.79 Å². The number of rotatable bonds is 3. The molecule has 0 aliphatic carbocycles. The number of benzene rings is 2. The number of nitrogens with one attached hydrogen (secondary N) is 1. The van der Waals surface area contributed by atoms with Crippen molar-refractivity contribution in [1.29, 1.82) is 5.26 Å². The fourth-order valence-electron chi connectivity index (χ4n) is 2.58. The molecular weight excluding hydrogens is 351 g/mol. The number of phenols is 1. The van der Waals surface area contributed by atoms with Crippen LogP contribution in [0.15, 0.2) is 57.2 Å². The zero-order valence-electron chi connectivity index (χ0n) is 14.1. The molecule has 1 heterocycles. The molecule has 0 bridgehead atoms. The van der Waals surface area contributed by atoms with Gasteiger partial charge in [-0.05, 0) is 42.8 Å². The second-order valence-corrected chi connectivity index (χ2v) is 5.73. The average molecular weight is 364 g/mol. The number of carbonyl (C=O) groups is 1. The molecule has 0 spiro atoms. The number of hydrogen-bond donors (Lipinski definition) is 2. The summed E-state index contributed by atoms with van der Waals surface area (Å²) in [7, 11) is 0. The summed E-state index contributed by atoms with van der Waals surface area (Å²) >= 11 is 0. The summed E-state index contributed by atoms with van der Waals surface area (Å²) in [5.74, 6) is -1.80. The Kier molecular flexibility index (Phi) is 4.73. The fourth-order valence-corrected chi connectivity index (χ4v) is 2.58. The first-order valence-electron chi connectivity index (χ1n) is 7.85. The highest BCUT2D eigenvalue weighted by molar-refractivity contribution is 6.11. The normalized spacial score (nSPS) is 11.2. The van der Waals surface area contributed by atoms with Crippen molar-refractivity contribution in [2.45, 2.75) is 6.92 Å². The fraction of sp³-hybridized carbons (Fsp3) is 0.0500. The largest absolute Gasteiger partial charge is 0.507 e. The molecule has 0 fully saturated rings. The first-order chi connectivity index (χ1) is 12.9. The van der Waals surface area contributed by atoms with E-state index in [0.717, 1.165) is 6.08 Å². The molecule has 0 saturated heterocycles. The van der Waals surface area contributed by atoms with Gasteiger partial charge in [0.15, 0.2) is 0 Å². The third kappa shape index (κ3) is 3.55. The monoisotopic (exact) mass is 364 g/mol. The Hall–Kier alpha value is -3.92. The molecule has 6 nitrogen and oxygen atoms in total. The Bertz CT molecular complexity index is 1190. The molecule has 1 amide bonds. The molecule has 27 heavy (non-hydrogen) atoms. The lowest BCUT2D eigenvalue weighted by atomic mass is 10.0. The Balaban J connectivity index is 2.10. The van der Waals surface area contributed by atoms with Gasteiger partial charge in [-0.25, -0.2) is 9.18 Å². The number of hydrogen-bond acceptors (Lipinski definition) is 5. The number of anilines is 1. The topological polar surface area (TPSA) is 103 Å². The maximum absolute atomic E-state index is 13.7. The average Bonchev–Trinajstić information content (AvgIpc) is 2.62. The number of amides is 1. The van der Waals surface area contributed by atoms with Gasteiger partial charge in [0.1, 0.15) is 28.8 Å². The summed E-state index contributed by atoms with van der Waals surface area (Å²) in [6, 6.07) is 11.4. The molecule has 3 aromatic rings. The highest BCUT2D eigenvalue weighted by atomic mass is 19.1. The maximum Gasteiger partial charge on any atom is 0.336 e. The Morgan fingerprint density at radius 3 is 2.74 bits per heavy atom. The van der Waals surface area contributed by atoms with E-state index in [0.29, 0.717) is 10.9 Å². The number of aryl methyl sites for hydroxylation is 1.